The van der Waals surface area contributed by atoms with Gasteiger partial charge in [0.15, 0.2) is 0 Å². The summed E-state index contributed by atoms with van der Waals surface area (Å²) in [6.07, 6.45) is 4.54. The highest BCUT2D eigenvalue weighted by molar-refractivity contribution is 4.91. The molecule has 0 amide bonds. The van der Waals surface area contributed by atoms with Gasteiger partial charge in [-0.05, 0) is 56.8 Å². The molecule has 0 N–H and O–H groups in total. The fourth-order valence-corrected chi connectivity index (χ4v) is 3.36. The number of rotatable bonds is 3. The molecule has 0 aromatic rings. The lowest BCUT2D eigenvalue weighted by atomic mass is 9.82. The Hall–Kier alpha value is -0.0400. The van der Waals surface area contributed by atoms with Crippen molar-refractivity contribution in [3.05, 3.63) is 0 Å². The van der Waals surface area contributed by atoms with E-state index in [1.165, 1.54) is 32.4 Å². The largest absolute Gasteiger partial charge is 0.300 e. The average molecular weight is 209 g/mol. The summed E-state index contributed by atoms with van der Waals surface area (Å²) in [5.74, 6) is 4.04. The van der Waals surface area contributed by atoms with Crippen LogP contribution in [0.25, 0.3) is 0 Å². The van der Waals surface area contributed by atoms with Gasteiger partial charge in [-0.2, -0.15) is 0 Å². The molecule has 1 heterocycles. The van der Waals surface area contributed by atoms with Crippen molar-refractivity contribution in [3.8, 4) is 0 Å². The lowest BCUT2D eigenvalue weighted by Gasteiger charge is -2.45. The van der Waals surface area contributed by atoms with Crippen LogP contribution in [0.3, 0.4) is 0 Å². The first-order valence-electron chi connectivity index (χ1n) is 6.82. The van der Waals surface area contributed by atoms with Crippen LogP contribution in [0.4, 0.5) is 0 Å². The highest BCUT2D eigenvalue weighted by Crippen LogP contribution is 2.42. The maximum Gasteiger partial charge on any atom is 0.00388 e. The van der Waals surface area contributed by atoms with Crippen LogP contribution >= 0.6 is 0 Å². The van der Waals surface area contributed by atoms with Crippen molar-refractivity contribution >= 4 is 0 Å². The Bertz CT molecular complexity index is 203. The Morgan fingerprint density at radius 1 is 0.933 bits per heavy atom. The van der Waals surface area contributed by atoms with Gasteiger partial charge < -0.3 is 4.90 Å². The van der Waals surface area contributed by atoms with Crippen LogP contribution < -0.4 is 0 Å². The molecule has 1 saturated heterocycles. The fourth-order valence-electron chi connectivity index (χ4n) is 3.36. The minimum absolute atomic E-state index is 0.767. The van der Waals surface area contributed by atoms with Crippen molar-refractivity contribution < 1.29 is 0 Å². The van der Waals surface area contributed by atoms with Gasteiger partial charge in [-0.15, -0.1) is 0 Å². The first-order chi connectivity index (χ1) is 7.08. The molecule has 0 aromatic heterocycles. The van der Waals surface area contributed by atoms with E-state index in [-0.39, 0.29) is 0 Å². The Kier molecular flexibility index (Phi) is 3.39. The summed E-state index contributed by atoms with van der Waals surface area (Å²) in [7, 11) is 0. The van der Waals surface area contributed by atoms with E-state index in [4.69, 9.17) is 0 Å². The van der Waals surface area contributed by atoms with Crippen LogP contribution in [0.5, 0.6) is 0 Å². The van der Waals surface area contributed by atoms with E-state index in [1.54, 1.807) is 0 Å². The molecule has 1 aliphatic carbocycles. The van der Waals surface area contributed by atoms with Crippen LogP contribution in [-0.4, -0.2) is 24.0 Å². The molecule has 1 nitrogen and oxygen atoms in total. The molecule has 2 atom stereocenters. The highest BCUT2D eigenvalue weighted by Gasteiger charge is 2.38. The summed E-state index contributed by atoms with van der Waals surface area (Å²) < 4.78 is 0. The van der Waals surface area contributed by atoms with Crippen LogP contribution in [0.2, 0.25) is 0 Å². The Labute approximate surface area is 95.2 Å². The van der Waals surface area contributed by atoms with Gasteiger partial charge in [-0.3, -0.25) is 0 Å². The maximum absolute atomic E-state index is 2.62. The molecule has 2 fully saturated rings. The van der Waals surface area contributed by atoms with Crippen molar-refractivity contribution in [2.24, 2.45) is 23.7 Å². The van der Waals surface area contributed by atoms with E-state index in [2.05, 4.69) is 32.6 Å². The summed E-state index contributed by atoms with van der Waals surface area (Å²) in [6, 6.07) is 0.767. The number of likely N-dealkylation sites (tertiary alicyclic amines) is 1. The zero-order valence-electron chi connectivity index (χ0n) is 10.9. The molecule has 2 unspecified atom stereocenters. The molecule has 1 heteroatoms. The topological polar surface area (TPSA) is 3.24 Å². The number of nitrogens with zero attached hydrogens (tertiary/aromatic N) is 1. The first kappa shape index (κ1) is 11.4. The fraction of sp³-hybridized carbons (Fsp3) is 1.00. The van der Waals surface area contributed by atoms with Gasteiger partial charge in [0, 0.05) is 19.1 Å². The minimum Gasteiger partial charge on any atom is -0.300 e. The average Bonchev–Trinajstić information content (AvgIpc) is 2.49. The highest BCUT2D eigenvalue weighted by atomic mass is 15.2. The van der Waals surface area contributed by atoms with Gasteiger partial charge in [0.1, 0.15) is 0 Å². The second-order valence-corrected chi connectivity index (χ2v) is 6.38. The van der Waals surface area contributed by atoms with Crippen molar-refractivity contribution in [3.63, 3.8) is 0 Å². The third-order valence-corrected chi connectivity index (χ3v) is 4.79. The summed E-state index contributed by atoms with van der Waals surface area (Å²) in [5.41, 5.74) is 0. The summed E-state index contributed by atoms with van der Waals surface area (Å²) in [4.78, 5) is 2.62. The van der Waals surface area contributed by atoms with Crippen LogP contribution in [0.1, 0.15) is 47.0 Å². The molecule has 15 heavy (non-hydrogen) atoms. The van der Waals surface area contributed by atoms with Gasteiger partial charge in [0.25, 0.3) is 0 Å². The second kappa shape index (κ2) is 4.45. The van der Waals surface area contributed by atoms with Crippen molar-refractivity contribution in [1.82, 2.24) is 4.90 Å². The quantitative estimate of drug-likeness (QED) is 0.688. The van der Waals surface area contributed by atoms with Gasteiger partial charge >= 0.3 is 0 Å². The molecule has 2 rings (SSSR count). The minimum atomic E-state index is 0.767. The summed E-state index contributed by atoms with van der Waals surface area (Å²) in [6.45, 7) is 12.2. The molecule has 0 radical (unpaired) electrons. The smallest absolute Gasteiger partial charge is 0.00388 e. The van der Waals surface area contributed by atoms with E-state index in [0.717, 1.165) is 29.7 Å². The van der Waals surface area contributed by atoms with E-state index in [1.807, 2.05) is 0 Å². The maximum atomic E-state index is 2.62. The van der Waals surface area contributed by atoms with E-state index < -0.39 is 0 Å². The van der Waals surface area contributed by atoms with Crippen LogP contribution in [-0.2, 0) is 0 Å². The standard InChI is InChI=1S/C14H27N/c1-10(2)12-5-6-13(7-12)14-8-15(9-14)11(3)4/h10-14H,5-9H2,1-4H3. The van der Waals surface area contributed by atoms with Crippen LogP contribution in [0.15, 0.2) is 0 Å². The molecule has 0 bridgehead atoms. The van der Waals surface area contributed by atoms with Crippen molar-refractivity contribution in [2.45, 2.75) is 53.0 Å². The summed E-state index contributed by atoms with van der Waals surface area (Å²) in [5, 5.41) is 0. The lowest BCUT2D eigenvalue weighted by Crippen LogP contribution is -2.52. The Morgan fingerprint density at radius 3 is 2.07 bits per heavy atom. The Balaban J connectivity index is 1.74. The molecule has 1 aliphatic heterocycles. The molecular weight excluding hydrogens is 182 g/mol. The zero-order chi connectivity index (χ0) is 11.0. The number of hydrogen-bond acceptors (Lipinski definition) is 1. The monoisotopic (exact) mass is 209 g/mol. The van der Waals surface area contributed by atoms with E-state index >= 15 is 0 Å². The third kappa shape index (κ3) is 2.38. The van der Waals surface area contributed by atoms with Gasteiger partial charge in [-0.25, -0.2) is 0 Å². The molecule has 2 aliphatic rings. The predicted octanol–water partition coefficient (Wildman–Crippen LogP) is 3.40. The molecule has 0 aromatic carbocycles. The van der Waals surface area contributed by atoms with Gasteiger partial charge in [-0.1, -0.05) is 13.8 Å². The van der Waals surface area contributed by atoms with E-state index in [0.29, 0.717) is 0 Å². The molecule has 88 valence electrons. The number of hydrogen-bond donors (Lipinski definition) is 0. The predicted molar refractivity (Wildman–Crippen MR) is 65.9 cm³/mol. The molecular formula is C14H27N. The Morgan fingerprint density at radius 2 is 1.60 bits per heavy atom. The van der Waals surface area contributed by atoms with Crippen molar-refractivity contribution in [2.75, 3.05) is 13.1 Å². The van der Waals surface area contributed by atoms with Crippen molar-refractivity contribution in [1.29, 1.82) is 0 Å². The zero-order valence-corrected chi connectivity index (χ0v) is 10.9. The summed E-state index contributed by atoms with van der Waals surface area (Å²) >= 11 is 0. The molecule has 1 saturated carbocycles. The SMILES string of the molecule is CC(C)C1CCC(C2CN(C(C)C)C2)C1. The van der Waals surface area contributed by atoms with Crippen LogP contribution in [0, 0.1) is 23.7 Å². The third-order valence-electron chi connectivity index (χ3n) is 4.79. The first-order valence-corrected chi connectivity index (χ1v) is 6.82. The van der Waals surface area contributed by atoms with E-state index in [9.17, 15) is 0 Å². The second-order valence-electron chi connectivity index (χ2n) is 6.38. The lowest BCUT2D eigenvalue weighted by molar-refractivity contribution is 0.0311. The normalized spacial score (nSPS) is 34.0. The molecule has 0 spiro atoms. The van der Waals surface area contributed by atoms with Gasteiger partial charge in [0.05, 0.1) is 0 Å². The van der Waals surface area contributed by atoms with Gasteiger partial charge in [0.2, 0.25) is 0 Å².